The number of methoxy groups -OCH3 is 2. The van der Waals surface area contributed by atoms with Gasteiger partial charge in [-0.1, -0.05) is 25.8 Å². The van der Waals surface area contributed by atoms with Crippen LogP contribution in [0, 0.1) is 5.41 Å². The summed E-state index contributed by atoms with van der Waals surface area (Å²) in [6.07, 6.45) is 5.99. The van der Waals surface area contributed by atoms with Gasteiger partial charge in [-0.3, -0.25) is 9.69 Å². The van der Waals surface area contributed by atoms with Gasteiger partial charge in [0, 0.05) is 30.1 Å². The molecule has 6 nitrogen and oxygen atoms in total. The summed E-state index contributed by atoms with van der Waals surface area (Å²) in [5.74, 6) is 1.70. The molecule has 2 heterocycles. The maximum absolute atomic E-state index is 13.3. The molecule has 4 rings (SSSR count). The summed E-state index contributed by atoms with van der Waals surface area (Å²) in [5, 5.41) is 0. The zero-order valence-corrected chi connectivity index (χ0v) is 17.4. The number of nitrogens with zero attached hydrogens (tertiary/aromatic N) is 2. The van der Waals surface area contributed by atoms with Crippen LogP contribution in [0.25, 0.3) is 0 Å². The minimum absolute atomic E-state index is 0.00438. The van der Waals surface area contributed by atoms with Crippen molar-refractivity contribution in [3.63, 3.8) is 0 Å². The van der Waals surface area contributed by atoms with E-state index < -0.39 is 0 Å². The van der Waals surface area contributed by atoms with Crippen LogP contribution in [0.1, 0.15) is 39.0 Å². The fourth-order valence-corrected chi connectivity index (χ4v) is 5.92. The van der Waals surface area contributed by atoms with Crippen molar-refractivity contribution >= 4 is 5.91 Å². The molecular weight excluding hydrogens is 356 g/mol. The summed E-state index contributed by atoms with van der Waals surface area (Å²) in [6.45, 7) is 3.20. The van der Waals surface area contributed by atoms with Crippen molar-refractivity contribution in [1.82, 2.24) is 9.80 Å². The van der Waals surface area contributed by atoms with Crippen molar-refractivity contribution in [2.75, 3.05) is 34.4 Å². The maximum atomic E-state index is 13.3. The number of likely N-dealkylation sites (tertiary alicyclic amines) is 2. The molecule has 0 aromatic heterocycles. The van der Waals surface area contributed by atoms with E-state index in [1.54, 1.807) is 14.2 Å². The summed E-state index contributed by atoms with van der Waals surface area (Å²) < 4.78 is 16.7. The van der Waals surface area contributed by atoms with Crippen molar-refractivity contribution in [3.8, 4) is 17.2 Å². The van der Waals surface area contributed by atoms with E-state index >= 15 is 0 Å². The van der Waals surface area contributed by atoms with Gasteiger partial charge in [-0.25, -0.2) is 0 Å². The van der Waals surface area contributed by atoms with E-state index in [0.717, 1.165) is 13.0 Å². The first-order valence-corrected chi connectivity index (χ1v) is 10.3. The molecular formula is C22H32N2O4. The van der Waals surface area contributed by atoms with Crippen LogP contribution >= 0.6 is 0 Å². The quantitative estimate of drug-likeness (QED) is 0.776. The molecule has 1 aromatic carbocycles. The Hall–Kier alpha value is -1.95. The molecule has 1 aliphatic carbocycles. The molecule has 154 valence electrons. The van der Waals surface area contributed by atoms with Gasteiger partial charge in [0.1, 0.15) is 0 Å². The third-order valence-electron chi connectivity index (χ3n) is 7.30. The number of hydrogen-bond donors (Lipinski definition) is 0. The fourth-order valence-electron chi connectivity index (χ4n) is 5.92. The summed E-state index contributed by atoms with van der Waals surface area (Å²) in [6, 6.07) is 6.81. The van der Waals surface area contributed by atoms with Crippen LogP contribution < -0.4 is 14.2 Å². The van der Waals surface area contributed by atoms with Crippen molar-refractivity contribution in [2.24, 2.45) is 5.41 Å². The van der Waals surface area contributed by atoms with Gasteiger partial charge in [0.2, 0.25) is 5.75 Å². The number of amides is 1. The Morgan fingerprint density at radius 2 is 1.79 bits per heavy atom. The highest BCUT2D eigenvalue weighted by atomic mass is 16.5. The maximum Gasteiger partial charge on any atom is 0.260 e. The van der Waals surface area contributed by atoms with Gasteiger partial charge in [-0.05, 0) is 38.4 Å². The van der Waals surface area contributed by atoms with Crippen LogP contribution in [0.15, 0.2) is 18.2 Å². The molecule has 1 saturated carbocycles. The Bertz CT molecular complexity index is 717. The van der Waals surface area contributed by atoms with Gasteiger partial charge >= 0.3 is 0 Å². The standard InChI is InChI=1S/C22H32N2O4/c1-22-12-15-13-24(19(22)11-6-5-10-18(22)23(15)2)20(25)14-28-21-16(26-3)8-7-9-17(21)27-4/h7-9,15,18-19H,5-6,10-14H2,1-4H3/t15-,18-,19+,22-/m0/s1. The van der Waals surface area contributed by atoms with E-state index in [2.05, 4.69) is 23.8 Å². The summed E-state index contributed by atoms with van der Waals surface area (Å²) in [7, 11) is 5.43. The Balaban J connectivity index is 1.53. The first-order chi connectivity index (χ1) is 13.5. The zero-order valence-electron chi connectivity index (χ0n) is 17.4. The molecule has 1 amide bonds. The molecule has 1 aromatic rings. The van der Waals surface area contributed by atoms with Crippen LogP contribution in [0.4, 0.5) is 0 Å². The van der Waals surface area contributed by atoms with Crippen LogP contribution in [-0.2, 0) is 4.79 Å². The van der Waals surface area contributed by atoms with Crippen LogP contribution in [0.3, 0.4) is 0 Å². The number of ether oxygens (including phenoxy) is 3. The predicted octanol–water partition coefficient (Wildman–Crippen LogP) is 2.95. The second kappa shape index (κ2) is 7.47. The number of likely N-dealkylation sites (N-methyl/N-ethyl adjacent to an activating group) is 1. The summed E-state index contributed by atoms with van der Waals surface area (Å²) in [4.78, 5) is 17.9. The van der Waals surface area contributed by atoms with Crippen LogP contribution in [-0.4, -0.2) is 68.3 Å². The Labute approximate surface area is 167 Å². The summed E-state index contributed by atoms with van der Waals surface area (Å²) >= 11 is 0. The normalized spacial score (nSPS) is 32.0. The lowest BCUT2D eigenvalue weighted by atomic mass is 9.71. The first kappa shape index (κ1) is 19.4. The molecule has 3 aliphatic rings. The number of piperidine rings is 1. The Kier molecular flexibility index (Phi) is 5.17. The van der Waals surface area contributed by atoms with Crippen LogP contribution in [0.2, 0.25) is 0 Å². The van der Waals surface area contributed by atoms with E-state index in [-0.39, 0.29) is 17.9 Å². The lowest BCUT2D eigenvalue weighted by Crippen LogP contribution is -2.56. The zero-order chi connectivity index (χ0) is 19.9. The lowest BCUT2D eigenvalue weighted by molar-refractivity contribution is -0.141. The molecule has 4 atom stereocenters. The van der Waals surface area contributed by atoms with Gasteiger partial charge in [0.15, 0.2) is 18.1 Å². The number of fused-ring (bicyclic) bond motifs is 1. The van der Waals surface area contributed by atoms with Crippen molar-refractivity contribution in [2.45, 2.75) is 57.2 Å². The van der Waals surface area contributed by atoms with Gasteiger partial charge < -0.3 is 19.1 Å². The molecule has 2 aliphatic heterocycles. The van der Waals surface area contributed by atoms with Gasteiger partial charge in [0.05, 0.1) is 14.2 Å². The van der Waals surface area contributed by atoms with E-state index in [0.29, 0.717) is 35.4 Å². The third-order valence-corrected chi connectivity index (χ3v) is 7.30. The van der Waals surface area contributed by atoms with Crippen molar-refractivity contribution in [1.29, 1.82) is 0 Å². The predicted molar refractivity (Wildman–Crippen MR) is 107 cm³/mol. The second-order valence-corrected chi connectivity index (χ2v) is 8.67. The monoisotopic (exact) mass is 388 g/mol. The smallest absolute Gasteiger partial charge is 0.260 e. The van der Waals surface area contributed by atoms with E-state index in [1.807, 2.05) is 18.2 Å². The largest absolute Gasteiger partial charge is 0.493 e. The minimum atomic E-state index is 0.00438. The Morgan fingerprint density at radius 3 is 2.43 bits per heavy atom. The second-order valence-electron chi connectivity index (χ2n) is 8.67. The summed E-state index contributed by atoms with van der Waals surface area (Å²) in [5.41, 5.74) is 0.186. The first-order valence-electron chi connectivity index (χ1n) is 10.3. The average Bonchev–Trinajstić information content (AvgIpc) is 2.82. The van der Waals surface area contributed by atoms with Crippen molar-refractivity contribution < 1.29 is 19.0 Å². The highest BCUT2D eigenvalue weighted by molar-refractivity contribution is 5.79. The number of benzene rings is 1. The van der Waals surface area contributed by atoms with Crippen LogP contribution in [0.5, 0.6) is 17.2 Å². The minimum Gasteiger partial charge on any atom is -0.493 e. The lowest BCUT2D eigenvalue weighted by Gasteiger charge is -2.46. The average molecular weight is 389 g/mol. The molecule has 6 heteroatoms. The Morgan fingerprint density at radius 1 is 1.14 bits per heavy atom. The van der Waals surface area contributed by atoms with Gasteiger partial charge in [-0.2, -0.15) is 0 Å². The molecule has 2 bridgehead atoms. The fraction of sp³-hybridized carbons (Fsp3) is 0.682. The number of para-hydroxylation sites is 1. The van der Waals surface area contributed by atoms with Crippen molar-refractivity contribution in [3.05, 3.63) is 18.2 Å². The van der Waals surface area contributed by atoms with Gasteiger partial charge in [0.25, 0.3) is 5.91 Å². The highest BCUT2D eigenvalue weighted by Crippen LogP contribution is 2.52. The molecule has 0 spiro atoms. The number of hydrogen-bond acceptors (Lipinski definition) is 5. The van der Waals surface area contributed by atoms with E-state index in [9.17, 15) is 4.79 Å². The van der Waals surface area contributed by atoms with E-state index in [4.69, 9.17) is 14.2 Å². The number of carbonyl (C=O) groups excluding carboxylic acids is 1. The molecule has 28 heavy (non-hydrogen) atoms. The number of carbonyl (C=O) groups is 1. The topological polar surface area (TPSA) is 51.2 Å². The molecule has 3 fully saturated rings. The highest BCUT2D eigenvalue weighted by Gasteiger charge is 2.58. The van der Waals surface area contributed by atoms with E-state index in [1.165, 1.54) is 25.7 Å². The SMILES string of the molecule is COc1cccc(OC)c1OCC(=O)N1C[C@@H]2C[C@@]3(C)[C@H](CCCC[C@@H]13)N2C. The van der Waals surface area contributed by atoms with Gasteiger partial charge in [-0.15, -0.1) is 0 Å². The third kappa shape index (κ3) is 3.02. The molecule has 0 unspecified atom stereocenters. The molecule has 0 N–H and O–H groups in total. The molecule has 0 radical (unpaired) electrons. The molecule has 2 saturated heterocycles. The number of rotatable bonds is 5.